The zero-order valence-electron chi connectivity index (χ0n) is 16.5. The Morgan fingerprint density at radius 3 is 2.10 bits per heavy atom. The fraction of sp³-hybridized carbons (Fsp3) is 0.167. The predicted octanol–water partition coefficient (Wildman–Crippen LogP) is 4.60. The first-order chi connectivity index (χ1) is 14.0. The number of amides is 1. The molecule has 0 atom stereocenters. The molecule has 0 aliphatic heterocycles. The van der Waals surface area contributed by atoms with Gasteiger partial charge in [-0.25, -0.2) is 4.79 Å². The predicted molar refractivity (Wildman–Crippen MR) is 111 cm³/mol. The zero-order chi connectivity index (χ0) is 20.6. The maximum absolute atomic E-state index is 12.2. The standard InChI is InChI=1S/C24H23NO4/c1-18-8-10-19(11-9-18)16-25(2)23(26)17-28-24(27)20-12-14-22(15-13-20)29-21-6-4-3-5-7-21/h3-15H,16-17H2,1-2H3. The lowest BCUT2D eigenvalue weighted by atomic mass is 10.1. The molecule has 0 aliphatic carbocycles. The molecule has 29 heavy (non-hydrogen) atoms. The lowest BCUT2D eigenvalue weighted by Crippen LogP contribution is -2.30. The molecule has 0 aliphatic rings. The van der Waals surface area contributed by atoms with Gasteiger partial charge in [-0.2, -0.15) is 0 Å². The van der Waals surface area contributed by atoms with Crippen LogP contribution in [0.4, 0.5) is 0 Å². The Kier molecular flexibility index (Phi) is 6.63. The summed E-state index contributed by atoms with van der Waals surface area (Å²) in [5, 5.41) is 0. The number of rotatable bonds is 7. The molecule has 0 aromatic heterocycles. The Hall–Kier alpha value is -3.60. The Balaban J connectivity index is 1.49. The highest BCUT2D eigenvalue weighted by Gasteiger charge is 2.14. The molecule has 0 unspecified atom stereocenters. The van der Waals surface area contributed by atoms with Crippen molar-refractivity contribution in [2.75, 3.05) is 13.7 Å². The number of carbonyl (C=O) groups excluding carboxylic acids is 2. The number of nitrogens with zero attached hydrogens (tertiary/aromatic N) is 1. The second kappa shape index (κ2) is 9.55. The van der Waals surface area contributed by atoms with Gasteiger partial charge in [0.25, 0.3) is 5.91 Å². The van der Waals surface area contributed by atoms with Crippen molar-refractivity contribution in [3.63, 3.8) is 0 Å². The minimum absolute atomic E-state index is 0.261. The van der Waals surface area contributed by atoms with E-state index in [0.29, 0.717) is 23.6 Å². The van der Waals surface area contributed by atoms with Crippen molar-refractivity contribution in [1.29, 1.82) is 0 Å². The highest BCUT2D eigenvalue weighted by atomic mass is 16.5. The lowest BCUT2D eigenvalue weighted by molar-refractivity contribution is -0.133. The van der Waals surface area contributed by atoms with Gasteiger partial charge in [-0.15, -0.1) is 0 Å². The van der Waals surface area contributed by atoms with Crippen molar-refractivity contribution in [3.8, 4) is 11.5 Å². The number of likely N-dealkylation sites (N-methyl/N-ethyl adjacent to an activating group) is 1. The van der Waals surface area contributed by atoms with Crippen LogP contribution in [0.2, 0.25) is 0 Å². The molecule has 1 amide bonds. The highest BCUT2D eigenvalue weighted by molar-refractivity contribution is 5.91. The van der Waals surface area contributed by atoms with Crippen LogP contribution < -0.4 is 4.74 Å². The first-order valence-corrected chi connectivity index (χ1v) is 9.31. The van der Waals surface area contributed by atoms with Gasteiger partial charge in [0, 0.05) is 13.6 Å². The Bertz CT molecular complexity index is 950. The lowest BCUT2D eigenvalue weighted by Gasteiger charge is -2.17. The SMILES string of the molecule is Cc1ccc(CN(C)C(=O)COC(=O)c2ccc(Oc3ccccc3)cc2)cc1. The van der Waals surface area contributed by atoms with Crippen molar-refractivity contribution in [1.82, 2.24) is 4.90 Å². The summed E-state index contributed by atoms with van der Waals surface area (Å²) in [6.45, 7) is 2.17. The van der Waals surface area contributed by atoms with E-state index in [9.17, 15) is 9.59 Å². The van der Waals surface area contributed by atoms with Gasteiger partial charge in [0.1, 0.15) is 11.5 Å². The van der Waals surface area contributed by atoms with E-state index in [0.717, 1.165) is 11.1 Å². The third-order valence-corrected chi connectivity index (χ3v) is 4.36. The molecule has 3 rings (SSSR count). The molecule has 0 heterocycles. The minimum Gasteiger partial charge on any atom is -0.457 e. The normalized spacial score (nSPS) is 10.3. The van der Waals surface area contributed by atoms with Crippen molar-refractivity contribution in [2.45, 2.75) is 13.5 Å². The van der Waals surface area contributed by atoms with E-state index >= 15 is 0 Å². The van der Waals surface area contributed by atoms with Crippen LogP contribution in [0, 0.1) is 6.92 Å². The summed E-state index contributed by atoms with van der Waals surface area (Å²) in [5.41, 5.74) is 2.54. The summed E-state index contributed by atoms with van der Waals surface area (Å²) in [6.07, 6.45) is 0. The fourth-order valence-electron chi connectivity index (χ4n) is 2.66. The van der Waals surface area contributed by atoms with E-state index in [1.165, 1.54) is 4.90 Å². The fourth-order valence-corrected chi connectivity index (χ4v) is 2.66. The number of carbonyl (C=O) groups is 2. The van der Waals surface area contributed by atoms with Crippen LogP contribution >= 0.6 is 0 Å². The maximum Gasteiger partial charge on any atom is 0.338 e. The number of hydrogen-bond donors (Lipinski definition) is 0. The molecule has 0 spiro atoms. The van der Waals surface area contributed by atoms with Gasteiger partial charge >= 0.3 is 5.97 Å². The van der Waals surface area contributed by atoms with Crippen LogP contribution in [0.25, 0.3) is 0 Å². The molecule has 0 saturated carbocycles. The van der Waals surface area contributed by atoms with Crippen LogP contribution in [0.1, 0.15) is 21.5 Å². The smallest absolute Gasteiger partial charge is 0.338 e. The summed E-state index contributed by atoms with van der Waals surface area (Å²) >= 11 is 0. The van der Waals surface area contributed by atoms with E-state index in [2.05, 4.69) is 0 Å². The maximum atomic E-state index is 12.2. The van der Waals surface area contributed by atoms with Gasteiger partial charge in [-0.3, -0.25) is 4.79 Å². The number of aryl methyl sites for hydroxylation is 1. The number of ether oxygens (including phenoxy) is 2. The molecule has 5 nitrogen and oxygen atoms in total. The summed E-state index contributed by atoms with van der Waals surface area (Å²) in [4.78, 5) is 26.0. The van der Waals surface area contributed by atoms with Crippen LogP contribution in [0.15, 0.2) is 78.9 Å². The number of hydrogen-bond acceptors (Lipinski definition) is 4. The van der Waals surface area contributed by atoms with Crippen molar-refractivity contribution >= 4 is 11.9 Å². The molecule has 3 aromatic carbocycles. The van der Waals surface area contributed by atoms with E-state index in [1.54, 1.807) is 31.3 Å². The Morgan fingerprint density at radius 1 is 0.828 bits per heavy atom. The molecule has 148 valence electrons. The molecular weight excluding hydrogens is 366 g/mol. The molecular formula is C24H23NO4. The van der Waals surface area contributed by atoms with Gasteiger partial charge in [-0.05, 0) is 48.9 Å². The Labute approximate surface area is 170 Å². The second-order valence-electron chi connectivity index (χ2n) is 6.75. The molecule has 0 bridgehead atoms. The summed E-state index contributed by atoms with van der Waals surface area (Å²) in [5.74, 6) is 0.517. The largest absolute Gasteiger partial charge is 0.457 e. The van der Waals surface area contributed by atoms with Crippen LogP contribution in [0.5, 0.6) is 11.5 Å². The average molecular weight is 389 g/mol. The van der Waals surface area contributed by atoms with Gasteiger partial charge in [0.05, 0.1) is 5.56 Å². The minimum atomic E-state index is -0.548. The zero-order valence-corrected chi connectivity index (χ0v) is 16.5. The quantitative estimate of drug-likeness (QED) is 0.554. The van der Waals surface area contributed by atoms with Crippen LogP contribution in [0.3, 0.4) is 0 Å². The van der Waals surface area contributed by atoms with Crippen molar-refractivity contribution in [2.24, 2.45) is 0 Å². The molecule has 3 aromatic rings. The van der Waals surface area contributed by atoms with E-state index in [4.69, 9.17) is 9.47 Å². The van der Waals surface area contributed by atoms with Gasteiger partial charge in [0.2, 0.25) is 0 Å². The third kappa shape index (κ3) is 5.94. The molecule has 0 N–H and O–H groups in total. The molecule has 0 radical (unpaired) electrons. The second-order valence-corrected chi connectivity index (χ2v) is 6.75. The van der Waals surface area contributed by atoms with Crippen molar-refractivity contribution < 1.29 is 19.1 Å². The Morgan fingerprint density at radius 2 is 1.45 bits per heavy atom. The summed E-state index contributed by atoms with van der Waals surface area (Å²) in [7, 11) is 1.69. The van der Waals surface area contributed by atoms with Gasteiger partial charge < -0.3 is 14.4 Å². The molecule has 5 heteroatoms. The number of benzene rings is 3. The van der Waals surface area contributed by atoms with Gasteiger partial charge in [0.15, 0.2) is 6.61 Å². The average Bonchev–Trinajstić information content (AvgIpc) is 2.74. The van der Waals surface area contributed by atoms with Crippen LogP contribution in [-0.4, -0.2) is 30.4 Å². The third-order valence-electron chi connectivity index (χ3n) is 4.36. The highest BCUT2D eigenvalue weighted by Crippen LogP contribution is 2.21. The summed E-state index contributed by atoms with van der Waals surface area (Å²) < 4.78 is 10.8. The first kappa shape index (κ1) is 20.1. The molecule has 0 fully saturated rings. The van der Waals surface area contributed by atoms with Crippen LogP contribution in [-0.2, 0) is 16.1 Å². The van der Waals surface area contributed by atoms with E-state index < -0.39 is 5.97 Å². The van der Waals surface area contributed by atoms with Crippen molar-refractivity contribution in [3.05, 3.63) is 95.6 Å². The number of para-hydroxylation sites is 1. The first-order valence-electron chi connectivity index (χ1n) is 9.31. The monoisotopic (exact) mass is 389 g/mol. The van der Waals surface area contributed by atoms with Gasteiger partial charge in [-0.1, -0.05) is 48.0 Å². The number of esters is 1. The van der Waals surface area contributed by atoms with E-state index in [-0.39, 0.29) is 12.5 Å². The van der Waals surface area contributed by atoms with E-state index in [1.807, 2.05) is 61.5 Å². The summed E-state index contributed by atoms with van der Waals surface area (Å²) in [6, 6.07) is 23.9. The topological polar surface area (TPSA) is 55.8 Å². The molecule has 0 saturated heterocycles.